The lowest BCUT2D eigenvalue weighted by Gasteiger charge is -2.22. The third-order valence-corrected chi connectivity index (χ3v) is 11.2. The molecular weight excluding hydrogens is 780 g/mol. The molecule has 0 radical (unpaired) electrons. The summed E-state index contributed by atoms with van der Waals surface area (Å²) in [5, 5.41) is 8.82. The van der Waals surface area contributed by atoms with Crippen molar-refractivity contribution < 1.29 is 32.5 Å². The van der Waals surface area contributed by atoms with E-state index in [-0.39, 0.29) is 80.4 Å². The molecule has 9 nitrogen and oxygen atoms in total. The first kappa shape index (κ1) is 34.0. The first-order valence-electron chi connectivity index (χ1n) is 11.8. The van der Waals surface area contributed by atoms with Crippen LogP contribution in [0.25, 0.3) is 22.2 Å². The standard InChI is InChI=1S/C27H10Cl8N2O7S/c1-37(27(41)12-9(6-38)16(28)20(32)21(33)17(12)29)11-5-8(45(42,43)44)4-7-2-3-10(36-24(7)11)13-25(39)14-15(26(13)40)19(31)23(35)22(34)18(14)30/h2-6,39H,1H3,(H,42,43,44). The Kier molecular flexibility index (Phi) is 9.09. The Balaban J connectivity index is 1.77. The van der Waals surface area contributed by atoms with Crippen molar-refractivity contribution in [2.45, 2.75) is 4.90 Å². The zero-order valence-electron chi connectivity index (χ0n) is 21.6. The molecule has 1 aliphatic rings. The molecule has 1 aromatic heterocycles. The van der Waals surface area contributed by atoms with Crippen molar-refractivity contribution in [2.24, 2.45) is 0 Å². The van der Waals surface area contributed by atoms with Gasteiger partial charge in [0.25, 0.3) is 16.0 Å². The number of aliphatic hydroxyl groups is 1. The highest BCUT2D eigenvalue weighted by molar-refractivity contribution is 7.85. The predicted octanol–water partition coefficient (Wildman–Crippen LogP) is 9.42. The molecule has 18 heteroatoms. The van der Waals surface area contributed by atoms with Crippen molar-refractivity contribution in [2.75, 3.05) is 11.9 Å². The number of benzene rings is 3. The van der Waals surface area contributed by atoms with Gasteiger partial charge in [-0.15, -0.1) is 0 Å². The third-order valence-electron chi connectivity index (χ3n) is 6.80. The SMILES string of the molecule is CN(C(=O)c1c(Cl)c(Cl)c(Cl)c(Cl)c1C=O)c1cc(S(=O)(=O)O)cc2ccc(C3=C(O)c4c(Cl)c(Cl)c(Cl)c(Cl)c4C3=O)nc12. The zero-order valence-corrected chi connectivity index (χ0v) is 28.5. The van der Waals surface area contributed by atoms with Gasteiger partial charge in [0.1, 0.15) is 5.76 Å². The molecule has 4 aromatic rings. The van der Waals surface area contributed by atoms with Crippen molar-refractivity contribution in [3.05, 3.63) is 92.4 Å². The summed E-state index contributed by atoms with van der Waals surface area (Å²) >= 11 is 49.4. The highest BCUT2D eigenvalue weighted by atomic mass is 35.5. The van der Waals surface area contributed by atoms with E-state index >= 15 is 0 Å². The van der Waals surface area contributed by atoms with Gasteiger partial charge in [-0.25, -0.2) is 4.98 Å². The van der Waals surface area contributed by atoms with Crippen LogP contribution in [0.5, 0.6) is 0 Å². The van der Waals surface area contributed by atoms with Crippen LogP contribution in [0.2, 0.25) is 40.2 Å². The van der Waals surface area contributed by atoms with Gasteiger partial charge in [-0.3, -0.25) is 18.9 Å². The van der Waals surface area contributed by atoms with Crippen LogP contribution in [0.3, 0.4) is 0 Å². The van der Waals surface area contributed by atoms with Crippen molar-refractivity contribution in [1.82, 2.24) is 4.98 Å². The minimum Gasteiger partial charge on any atom is -0.506 e. The molecule has 0 bridgehead atoms. The molecule has 0 saturated heterocycles. The number of carbonyl (C=O) groups is 3. The molecule has 0 saturated carbocycles. The van der Waals surface area contributed by atoms with E-state index < -0.39 is 48.6 Å². The van der Waals surface area contributed by atoms with Crippen LogP contribution in [-0.4, -0.2) is 48.1 Å². The minimum absolute atomic E-state index is 0.0580. The quantitative estimate of drug-likeness (QED) is 0.0882. The second kappa shape index (κ2) is 12.0. The van der Waals surface area contributed by atoms with Crippen LogP contribution in [0.4, 0.5) is 5.69 Å². The van der Waals surface area contributed by atoms with E-state index in [1.165, 1.54) is 19.2 Å². The number of anilines is 1. The molecule has 1 heterocycles. The molecule has 0 unspecified atom stereocenters. The number of carbonyl (C=O) groups excluding carboxylic acids is 3. The van der Waals surface area contributed by atoms with Gasteiger partial charge in [-0.05, 0) is 18.2 Å². The lowest BCUT2D eigenvalue weighted by Crippen LogP contribution is -2.28. The zero-order chi connectivity index (χ0) is 33.4. The van der Waals surface area contributed by atoms with Gasteiger partial charge in [0.15, 0.2) is 6.29 Å². The number of Topliss-reactive ketones (excluding diaryl/α,β-unsaturated/α-hetero) is 1. The summed E-state index contributed by atoms with van der Waals surface area (Å²) in [6.07, 6.45) is 0.230. The average Bonchev–Trinajstić information content (AvgIpc) is 3.26. The molecule has 0 atom stereocenters. The van der Waals surface area contributed by atoms with Crippen molar-refractivity contribution in [3.63, 3.8) is 0 Å². The number of rotatable bonds is 5. The average molecular weight is 790 g/mol. The summed E-state index contributed by atoms with van der Waals surface area (Å²) in [6, 6.07) is 4.54. The van der Waals surface area contributed by atoms with Gasteiger partial charge in [0.2, 0.25) is 5.78 Å². The molecule has 5 rings (SSSR count). The summed E-state index contributed by atoms with van der Waals surface area (Å²) < 4.78 is 34.2. The van der Waals surface area contributed by atoms with Gasteiger partial charge in [0, 0.05) is 18.0 Å². The summed E-state index contributed by atoms with van der Waals surface area (Å²) in [5.74, 6) is -2.45. The van der Waals surface area contributed by atoms with Crippen LogP contribution in [-0.2, 0) is 10.1 Å². The Morgan fingerprint density at radius 2 is 1.40 bits per heavy atom. The second-order valence-corrected chi connectivity index (χ2v) is 13.7. The fourth-order valence-electron chi connectivity index (χ4n) is 4.64. The topological polar surface area (TPSA) is 142 Å². The van der Waals surface area contributed by atoms with E-state index in [1.807, 2.05) is 0 Å². The molecule has 232 valence electrons. The molecule has 3 aromatic carbocycles. The number of halogens is 8. The maximum atomic E-state index is 13.8. The monoisotopic (exact) mass is 786 g/mol. The Bertz CT molecular complexity index is 2220. The summed E-state index contributed by atoms with van der Waals surface area (Å²) in [6.45, 7) is 0. The predicted molar refractivity (Wildman–Crippen MR) is 176 cm³/mol. The molecule has 45 heavy (non-hydrogen) atoms. The number of aromatic nitrogens is 1. The molecule has 1 aliphatic carbocycles. The maximum Gasteiger partial charge on any atom is 0.294 e. The van der Waals surface area contributed by atoms with E-state index in [0.29, 0.717) is 0 Å². The van der Waals surface area contributed by atoms with Crippen LogP contribution in [0.1, 0.15) is 42.3 Å². The number of aliphatic hydroxyl groups excluding tert-OH is 1. The molecule has 0 fully saturated rings. The van der Waals surface area contributed by atoms with Crippen molar-refractivity contribution in [3.8, 4) is 0 Å². The number of hydrogen-bond acceptors (Lipinski definition) is 7. The van der Waals surface area contributed by atoms with Crippen LogP contribution >= 0.6 is 92.8 Å². The fourth-order valence-corrected chi connectivity index (χ4v) is 7.20. The minimum atomic E-state index is -4.84. The van der Waals surface area contributed by atoms with Gasteiger partial charge >= 0.3 is 0 Å². The van der Waals surface area contributed by atoms with Crippen LogP contribution < -0.4 is 4.90 Å². The number of amides is 1. The number of allylic oxidation sites excluding steroid dienone is 1. The Hall–Kier alpha value is -2.35. The summed E-state index contributed by atoms with van der Waals surface area (Å²) in [4.78, 5) is 43.9. The fraction of sp³-hybridized carbons (Fsp3) is 0.0370. The lowest BCUT2D eigenvalue weighted by atomic mass is 10.0. The Morgan fingerprint density at radius 3 is 1.98 bits per heavy atom. The van der Waals surface area contributed by atoms with Crippen LogP contribution in [0.15, 0.2) is 29.2 Å². The van der Waals surface area contributed by atoms with E-state index in [0.717, 1.165) is 17.0 Å². The number of nitrogens with zero attached hydrogens (tertiary/aromatic N) is 2. The number of hydrogen-bond donors (Lipinski definition) is 2. The van der Waals surface area contributed by atoms with E-state index in [9.17, 15) is 32.5 Å². The van der Waals surface area contributed by atoms with Crippen LogP contribution in [0, 0.1) is 0 Å². The molecule has 0 spiro atoms. The summed E-state index contributed by atoms with van der Waals surface area (Å²) in [5.41, 5.74) is -2.19. The number of aldehydes is 1. The third kappa shape index (κ3) is 5.35. The number of ketones is 1. The first-order chi connectivity index (χ1) is 20.9. The normalized spacial score (nSPS) is 13.1. The molecule has 1 amide bonds. The second-order valence-electron chi connectivity index (χ2n) is 9.27. The van der Waals surface area contributed by atoms with Gasteiger partial charge < -0.3 is 10.0 Å². The van der Waals surface area contributed by atoms with E-state index in [1.54, 1.807) is 0 Å². The van der Waals surface area contributed by atoms with E-state index in [2.05, 4.69) is 4.98 Å². The largest absolute Gasteiger partial charge is 0.506 e. The van der Waals surface area contributed by atoms with Gasteiger partial charge in [-0.2, -0.15) is 8.42 Å². The highest BCUT2D eigenvalue weighted by Gasteiger charge is 2.38. The Labute approximate surface area is 293 Å². The molecule has 2 N–H and O–H groups in total. The molecular formula is C27H10Cl8N2O7S. The van der Waals surface area contributed by atoms with Crippen molar-refractivity contribution >= 4 is 149 Å². The van der Waals surface area contributed by atoms with Crippen molar-refractivity contribution in [1.29, 1.82) is 0 Å². The number of pyridine rings is 1. The Morgan fingerprint density at radius 1 is 0.844 bits per heavy atom. The molecule has 0 aliphatic heterocycles. The smallest absolute Gasteiger partial charge is 0.294 e. The first-order valence-corrected chi connectivity index (χ1v) is 16.3. The van der Waals surface area contributed by atoms with Gasteiger partial charge in [-0.1, -0.05) is 98.9 Å². The number of fused-ring (bicyclic) bond motifs is 2. The maximum absolute atomic E-state index is 13.8. The van der Waals surface area contributed by atoms with Gasteiger partial charge in [0.05, 0.1) is 84.2 Å². The summed E-state index contributed by atoms with van der Waals surface area (Å²) in [7, 11) is -3.67. The van der Waals surface area contributed by atoms with E-state index in [4.69, 9.17) is 92.8 Å². The highest BCUT2D eigenvalue weighted by Crippen LogP contribution is 2.50. The lowest BCUT2D eigenvalue weighted by molar-refractivity contribution is 0.0986.